The van der Waals surface area contributed by atoms with Crippen LogP contribution >= 0.6 is 0 Å². The Hall–Kier alpha value is -4.00. The first-order valence-electron chi connectivity index (χ1n) is 15.1. The normalized spacial score (nSPS) is 15.2. The van der Waals surface area contributed by atoms with Gasteiger partial charge >= 0.3 is 18.2 Å². The second-order valence-electron chi connectivity index (χ2n) is 11.4. The zero-order valence-corrected chi connectivity index (χ0v) is 25.5. The summed E-state index contributed by atoms with van der Waals surface area (Å²) in [6.07, 6.45) is -0.242. The Kier molecular flexibility index (Phi) is 12.9. The highest BCUT2D eigenvalue weighted by Gasteiger charge is 2.38. The van der Waals surface area contributed by atoms with E-state index in [0.717, 1.165) is 36.8 Å². The second kappa shape index (κ2) is 16.4. The number of carboxylic acid groups (broad SMARTS) is 1. The molecule has 4 rings (SSSR count). The van der Waals surface area contributed by atoms with Crippen LogP contribution in [0.1, 0.15) is 72.2 Å². The molecule has 1 heterocycles. The first-order valence-corrected chi connectivity index (χ1v) is 15.1. The highest BCUT2D eigenvalue weighted by molar-refractivity contribution is 5.96. The van der Waals surface area contributed by atoms with Crippen molar-refractivity contribution in [2.45, 2.75) is 58.7 Å². The number of nitrogens with one attached hydrogen (secondary N) is 2. The Morgan fingerprint density at radius 3 is 2.16 bits per heavy atom. The third kappa shape index (κ3) is 11.5. The van der Waals surface area contributed by atoms with E-state index >= 15 is 0 Å². The van der Waals surface area contributed by atoms with Crippen molar-refractivity contribution in [1.82, 2.24) is 15.1 Å². The van der Waals surface area contributed by atoms with E-state index < -0.39 is 24.0 Å². The standard InChI is InChI=1S/C30H39FN4O3.C2HF3O2/c1-3-21(4-2)17-28(36)24-7-5-6-23(16-24)20-34-12-14-35(15-13-34)29(37)25-10-11-27(26(31)18-25)33-30(38)32-19-22-8-9-22;3-2(4,5)1(6)7/h5-7,10-11,16,18,21-22H,3-4,8-9,12-15,17,19-20H2,1-2H3,(H2,32,33,38);(H,6,7). The maximum Gasteiger partial charge on any atom is 0.490 e. The zero-order valence-electron chi connectivity index (χ0n) is 25.5. The lowest BCUT2D eigenvalue weighted by atomic mass is 9.93. The van der Waals surface area contributed by atoms with Crippen LogP contribution in [-0.4, -0.2) is 77.5 Å². The number of rotatable bonds is 11. The number of Topliss-reactive ketones (excluding diaryl/α,β-unsaturated/α-hetero) is 1. The van der Waals surface area contributed by atoms with Gasteiger partial charge in [0.25, 0.3) is 5.91 Å². The van der Waals surface area contributed by atoms with Crippen LogP contribution in [0.2, 0.25) is 0 Å². The molecule has 2 aromatic carbocycles. The highest BCUT2D eigenvalue weighted by Crippen LogP contribution is 2.27. The Bertz CT molecular complexity index is 1340. The fraction of sp³-hybridized carbons (Fsp3) is 0.500. The van der Waals surface area contributed by atoms with Crippen molar-refractivity contribution < 1.29 is 41.8 Å². The third-order valence-electron chi connectivity index (χ3n) is 7.90. The highest BCUT2D eigenvalue weighted by atomic mass is 19.4. The summed E-state index contributed by atoms with van der Waals surface area (Å²) in [6, 6.07) is 11.6. The molecule has 0 unspecified atom stereocenters. The molecule has 0 bridgehead atoms. The Morgan fingerprint density at radius 2 is 1.60 bits per heavy atom. The summed E-state index contributed by atoms with van der Waals surface area (Å²) in [5.41, 5.74) is 2.18. The lowest BCUT2D eigenvalue weighted by Gasteiger charge is -2.35. The van der Waals surface area contributed by atoms with E-state index in [2.05, 4.69) is 29.4 Å². The van der Waals surface area contributed by atoms with E-state index in [1.807, 2.05) is 24.3 Å². The number of nitrogens with zero attached hydrogens (tertiary/aromatic N) is 2. The molecule has 0 radical (unpaired) electrons. The van der Waals surface area contributed by atoms with Gasteiger partial charge in [0.15, 0.2) is 5.78 Å². The van der Waals surface area contributed by atoms with Crippen molar-refractivity contribution in [1.29, 1.82) is 0 Å². The minimum Gasteiger partial charge on any atom is -0.475 e. The Morgan fingerprint density at radius 1 is 0.956 bits per heavy atom. The van der Waals surface area contributed by atoms with Crippen LogP contribution in [0.15, 0.2) is 42.5 Å². The number of piperazine rings is 1. The quantitative estimate of drug-likeness (QED) is 0.207. The van der Waals surface area contributed by atoms with Crippen LogP contribution in [-0.2, 0) is 11.3 Å². The number of hydrogen-bond donors (Lipinski definition) is 3. The largest absolute Gasteiger partial charge is 0.490 e. The monoisotopic (exact) mass is 636 g/mol. The Balaban J connectivity index is 0.000000707. The molecule has 2 aliphatic rings. The summed E-state index contributed by atoms with van der Waals surface area (Å²) in [5.74, 6) is -2.45. The minimum atomic E-state index is -5.08. The van der Waals surface area contributed by atoms with Crippen molar-refractivity contribution in [2.75, 3.05) is 38.0 Å². The van der Waals surface area contributed by atoms with Gasteiger partial charge in [-0.15, -0.1) is 0 Å². The maximum atomic E-state index is 14.6. The van der Waals surface area contributed by atoms with Gasteiger partial charge in [0.05, 0.1) is 5.69 Å². The van der Waals surface area contributed by atoms with E-state index in [9.17, 15) is 31.9 Å². The molecule has 13 heteroatoms. The molecular weight excluding hydrogens is 596 g/mol. The molecule has 246 valence electrons. The molecule has 3 N–H and O–H groups in total. The fourth-order valence-electron chi connectivity index (χ4n) is 4.83. The van der Waals surface area contributed by atoms with Crippen LogP contribution in [0.3, 0.4) is 0 Å². The van der Waals surface area contributed by atoms with E-state index in [1.165, 1.54) is 12.1 Å². The smallest absolute Gasteiger partial charge is 0.475 e. The molecule has 1 saturated heterocycles. The van der Waals surface area contributed by atoms with Gasteiger partial charge in [-0.05, 0) is 54.5 Å². The van der Waals surface area contributed by atoms with E-state index in [4.69, 9.17) is 9.90 Å². The first-order chi connectivity index (χ1) is 21.3. The number of alkyl halides is 3. The number of benzene rings is 2. The zero-order chi connectivity index (χ0) is 33.1. The number of amides is 3. The van der Waals surface area contributed by atoms with Gasteiger partial charge in [0, 0.05) is 56.8 Å². The topological polar surface area (TPSA) is 119 Å². The molecular formula is C32H40F4N4O5. The van der Waals surface area contributed by atoms with Crippen LogP contribution in [0.4, 0.5) is 28.0 Å². The summed E-state index contributed by atoms with van der Waals surface area (Å²) in [4.78, 5) is 50.6. The van der Waals surface area contributed by atoms with Crippen molar-refractivity contribution in [3.05, 3.63) is 65.0 Å². The van der Waals surface area contributed by atoms with Gasteiger partial charge in [-0.3, -0.25) is 14.5 Å². The molecule has 0 aromatic heterocycles. The lowest BCUT2D eigenvalue weighted by Crippen LogP contribution is -2.48. The number of carbonyl (C=O) groups is 4. The van der Waals surface area contributed by atoms with Crippen molar-refractivity contribution >= 4 is 29.4 Å². The molecule has 0 atom stereocenters. The summed E-state index contributed by atoms with van der Waals surface area (Å²) < 4.78 is 46.3. The molecule has 0 spiro atoms. The summed E-state index contributed by atoms with van der Waals surface area (Å²) >= 11 is 0. The van der Waals surface area contributed by atoms with Crippen LogP contribution in [0.25, 0.3) is 0 Å². The molecule has 2 fully saturated rings. The SMILES string of the molecule is CCC(CC)CC(=O)c1cccc(CN2CCN(C(=O)c3ccc(NC(=O)NCC4CC4)c(F)c3)CC2)c1.O=C(O)C(F)(F)F. The van der Waals surface area contributed by atoms with Crippen molar-refractivity contribution in [3.63, 3.8) is 0 Å². The molecule has 9 nitrogen and oxygen atoms in total. The maximum absolute atomic E-state index is 14.6. The second-order valence-corrected chi connectivity index (χ2v) is 11.4. The van der Waals surface area contributed by atoms with Gasteiger partial charge in [-0.2, -0.15) is 13.2 Å². The van der Waals surface area contributed by atoms with E-state index in [-0.39, 0.29) is 22.9 Å². The number of urea groups is 1. The van der Waals surface area contributed by atoms with Crippen LogP contribution < -0.4 is 10.6 Å². The number of anilines is 1. The number of halogens is 4. The fourth-order valence-corrected chi connectivity index (χ4v) is 4.83. The molecule has 1 saturated carbocycles. The molecule has 1 aliphatic heterocycles. The van der Waals surface area contributed by atoms with E-state index in [0.29, 0.717) is 57.5 Å². The van der Waals surface area contributed by atoms with Gasteiger partial charge in [0.1, 0.15) is 5.82 Å². The molecule has 45 heavy (non-hydrogen) atoms. The average Bonchev–Trinajstić information content (AvgIpc) is 3.84. The van der Waals surface area contributed by atoms with Gasteiger partial charge < -0.3 is 20.6 Å². The van der Waals surface area contributed by atoms with Crippen LogP contribution in [0.5, 0.6) is 0 Å². The average molecular weight is 637 g/mol. The predicted octanol–water partition coefficient (Wildman–Crippen LogP) is 5.96. The van der Waals surface area contributed by atoms with Gasteiger partial charge in [0.2, 0.25) is 0 Å². The number of carboxylic acids is 1. The number of hydrogen-bond acceptors (Lipinski definition) is 5. The van der Waals surface area contributed by atoms with Crippen molar-refractivity contribution in [2.24, 2.45) is 11.8 Å². The summed E-state index contributed by atoms with van der Waals surface area (Å²) in [7, 11) is 0. The Labute approximate surface area is 260 Å². The van der Waals surface area contributed by atoms with Gasteiger partial charge in [-0.25, -0.2) is 14.0 Å². The minimum absolute atomic E-state index is 0.0558. The van der Waals surface area contributed by atoms with Crippen LogP contribution in [0, 0.1) is 17.7 Å². The summed E-state index contributed by atoms with van der Waals surface area (Å²) in [6.45, 7) is 8.03. The van der Waals surface area contributed by atoms with E-state index in [1.54, 1.807) is 11.0 Å². The third-order valence-corrected chi connectivity index (χ3v) is 7.90. The number of carbonyl (C=O) groups excluding carboxylic acids is 3. The first kappa shape index (κ1) is 35.5. The number of ketones is 1. The number of aliphatic carboxylic acids is 1. The lowest BCUT2D eigenvalue weighted by molar-refractivity contribution is -0.192. The van der Waals surface area contributed by atoms with Gasteiger partial charge in [-0.1, -0.05) is 44.9 Å². The predicted molar refractivity (Wildman–Crippen MR) is 160 cm³/mol. The molecule has 1 aliphatic carbocycles. The van der Waals surface area contributed by atoms with Crippen molar-refractivity contribution in [3.8, 4) is 0 Å². The summed E-state index contributed by atoms with van der Waals surface area (Å²) in [5, 5.41) is 12.4. The molecule has 3 amide bonds. The molecule has 2 aromatic rings.